The first-order valence-electron chi connectivity index (χ1n) is 9.44. The molecule has 4 rings (SSSR count). The van der Waals surface area contributed by atoms with Gasteiger partial charge in [0.1, 0.15) is 11.3 Å². The summed E-state index contributed by atoms with van der Waals surface area (Å²) in [6.45, 7) is 0. The Hall–Kier alpha value is -3.66. The molecule has 2 aromatic carbocycles. The molecule has 9 nitrogen and oxygen atoms in total. The summed E-state index contributed by atoms with van der Waals surface area (Å²) in [4.78, 5) is 12.3. The van der Waals surface area contributed by atoms with Crippen molar-refractivity contribution in [2.24, 2.45) is 0 Å². The molecule has 160 valence electrons. The number of sulfone groups is 1. The van der Waals surface area contributed by atoms with Gasteiger partial charge in [0.25, 0.3) is 5.89 Å². The number of nitrogens with one attached hydrogen (secondary N) is 1. The van der Waals surface area contributed by atoms with Gasteiger partial charge in [-0.05, 0) is 42.8 Å². The first-order valence-corrected chi connectivity index (χ1v) is 11.1. The molecule has 0 fully saturated rings. The molecule has 4 aromatic rings. The number of fused-ring (bicyclic) bond motifs is 1. The van der Waals surface area contributed by atoms with Crippen LogP contribution in [0.5, 0.6) is 5.75 Å². The predicted molar refractivity (Wildman–Crippen MR) is 112 cm³/mol. The van der Waals surface area contributed by atoms with Crippen molar-refractivity contribution < 1.29 is 26.8 Å². The number of carbonyl (C=O) groups excluding carboxylic acids is 1. The maximum absolute atomic E-state index is 12.4. The Morgan fingerprint density at radius 1 is 1.06 bits per heavy atom. The number of hydrogen-bond donors (Lipinski definition) is 1. The van der Waals surface area contributed by atoms with Crippen LogP contribution < -0.4 is 10.1 Å². The molecule has 0 aliphatic carbocycles. The van der Waals surface area contributed by atoms with Crippen LogP contribution in [0.15, 0.2) is 68.3 Å². The van der Waals surface area contributed by atoms with Gasteiger partial charge in [-0.15, -0.1) is 5.10 Å². The number of furan rings is 1. The molecule has 0 bridgehead atoms. The van der Waals surface area contributed by atoms with E-state index >= 15 is 0 Å². The van der Waals surface area contributed by atoms with E-state index in [0.717, 1.165) is 5.39 Å². The predicted octanol–water partition coefficient (Wildman–Crippen LogP) is 3.68. The van der Waals surface area contributed by atoms with Gasteiger partial charge in [-0.1, -0.05) is 23.3 Å². The molecule has 0 aliphatic heterocycles. The van der Waals surface area contributed by atoms with E-state index < -0.39 is 15.7 Å². The number of anilines is 1. The standard InChI is InChI=1S/C21H19N3O6S/c1-28-15-8-10-16(11-9-15)31(26,27)12-4-7-19(25)22-21-24-23-20(30-21)18-13-14-5-2-3-6-17(14)29-18/h2-3,5-6,8-11,13H,4,7,12H2,1H3,(H,22,24,25). The van der Waals surface area contributed by atoms with Gasteiger partial charge in [0, 0.05) is 11.8 Å². The number of amides is 1. The van der Waals surface area contributed by atoms with E-state index in [0.29, 0.717) is 17.1 Å². The molecule has 0 saturated carbocycles. The van der Waals surface area contributed by atoms with Gasteiger partial charge in [0.05, 0.1) is 17.8 Å². The van der Waals surface area contributed by atoms with Crippen molar-refractivity contribution in [3.05, 3.63) is 54.6 Å². The average Bonchev–Trinajstić information content (AvgIpc) is 3.40. The number of methoxy groups -OCH3 is 1. The lowest BCUT2D eigenvalue weighted by Gasteiger charge is -2.05. The third-order valence-corrected chi connectivity index (χ3v) is 6.36. The summed E-state index contributed by atoms with van der Waals surface area (Å²) < 4.78 is 40.9. The highest BCUT2D eigenvalue weighted by Gasteiger charge is 2.17. The molecule has 10 heteroatoms. The van der Waals surface area contributed by atoms with Crippen molar-refractivity contribution in [1.29, 1.82) is 0 Å². The minimum Gasteiger partial charge on any atom is -0.497 e. The van der Waals surface area contributed by atoms with Gasteiger partial charge in [-0.25, -0.2) is 8.42 Å². The summed E-state index contributed by atoms with van der Waals surface area (Å²) in [6.07, 6.45) is 0.127. The van der Waals surface area contributed by atoms with Gasteiger partial charge in [0.15, 0.2) is 15.6 Å². The number of nitrogens with zero attached hydrogens (tertiary/aromatic N) is 2. The summed E-state index contributed by atoms with van der Waals surface area (Å²) >= 11 is 0. The van der Waals surface area contributed by atoms with Crippen molar-refractivity contribution in [3.8, 4) is 17.4 Å². The maximum Gasteiger partial charge on any atom is 0.322 e. The second-order valence-electron chi connectivity index (χ2n) is 6.71. The van der Waals surface area contributed by atoms with Crippen LogP contribution in [-0.2, 0) is 14.6 Å². The van der Waals surface area contributed by atoms with Crippen LogP contribution in [0.3, 0.4) is 0 Å². The molecule has 0 saturated heterocycles. The SMILES string of the molecule is COc1ccc(S(=O)(=O)CCCC(=O)Nc2nnc(-c3cc4ccccc4o3)o2)cc1. The number of hydrogen-bond acceptors (Lipinski definition) is 8. The fourth-order valence-electron chi connectivity index (χ4n) is 2.97. The third kappa shape index (κ3) is 4.75. The normalized spacial score (nSPS) is 11.5. The molecule has 0 aliphatic rings. The minimum absolute atomic E-state index is 0.0161. The van der Waals surface area contributed by atoms with Crippen LogP contribution in [-0.4, -0.2) is 37.4 Å². The van der Waals surface area contributed by atoms with E-state index in [2.05, 4.69) is 15.5 Å². The molecular formula is C21H19N3O6S. The minimum atomic E-state index is -3.50. The van der Waals surface area contributed by atoms with Crippen LogP contribution in [0.1, 0.15) is 12.8 Å². The van der Waals surface area contributed by atoms with Crippen LogP contribution in [0.25, 0.3) is 22.6 Å². The van der Waals surface area contributed by atoms with Crippen molar-refractivity contribution >= 4 is 32.7 Å². The number of ether oxygens (including phenoxy) is 1. The summed E-state index contributed by atoms with van der Waals surface area (Å²) in [6, 6.07) is 15.2. The van der Waals surface area contributed by atoms with Crippen LogP contribution in [0.4, 0.5) is 6.01 Å². The highest BCUT2D eigenvalue weighted by atomic mass is 32.2. The Labute approximate surface area is 177 Å². The zero-order valence-electron chi connectivity index (χ0n) is 16.6. The fraction of sp³-hybridized carbons (Fsp3) is 0.190. The Bertz CT molecular complexity index is 1280. The van der Waals surface area contributed by atoms with Gasteiger partial charge in [-0.2, -0.15) is 0 Å². The van der Waals surface area contributed by atoms with E-state index in [9.17, 15) is 13.2 Å². The quantitative estimate of drug-likeness (QED) is 0.439. The smallest absolute Gasteiger partial charge is 0.322 e. The molecule has 31 heavy (non-hydrogen) atoms. The number of para-hydroxylation sites is 1. The van der Waals surface area contributed by atoms with Crippen molar-refractivity contribution in [3.63, 3.8) is 0 Å². The lowest BCUT2D eigenvalue weighted by Crippen LogP contribution is -2.14. The molecule has 1 amide bonds. The fourth-order valence-corrected chi connectivity index (χ4v) is 4.28. The van der Waals surface area contributed by atoms with Crippen LogP contribution in [0, 0.1) is 0 Å². The highest BCUT2D eigenvalue weighted by molar-refractivity contribution is 7.91. The number of benzene rings is 2. The van der Waals surface area contributed by atoms with Crippen LogP contribution in [0.2, 0.25) is 0 Å². The van der Waals surface area contributed by atoms with Gasteiger partial charge in [-0.3, -0.25) is 10.1 Å². The van der Waals surface area contributed by atoms with E-state index in [-0.39, 0.29) is 35.4 Å². The van der Waals surface area contributed by atoms with Crippen molar-refractivity contribution in [2.75, 3.05) is 18.2 Å². The second kappa shape index (κ2) is 8.60. The molecule has 2 aromatic heterocycles. The van der Waals surface area contributed by atoms with E-state index in [1.807, 2.05) is 24.3 Å². The lowest BCUT2D eigenvalue weighted by atomic mass is 10.2. The molecule has 0 unspecified atom stereocenters. The Balaban J connectivity index is 1.32. The average molecular weight is 441 g/mol. The molecule has 0 spiro atoms. The molecule has 0 radical (unpaired) electrons. The summed E-state index contributed by atoms with van der Waals surface area (Å²) in [5, 5.41) is 11.0. The number of aromatic nitrogens is 2. The van der Waals surface area contributed by atoms with Crippen LogP contribution >= 0.6 is 0 Å². The van der Waals surface area contributed by atoms with Crippen molar-refractivity contribution in [2.45, 2.75) is 17.7 Å². The van der Waals surface area contributed by atoms with E-state index in [4.69, 9.17) is 13.6 Å². The van der Waals surface area contributed by atoms with E-state index in [1.54, 1.807) is 18.2 Å². The van der Waals surface area contributed by atoms with Gasteiger partial charge < -0.3 is 13.6 Å². The Morgan fingerprint density at radius 2 is 1.84 bits per heavy atom. The zero-order chi connectivity index (χ0) is 21.8. The number of rotatable bonds is 8. The maximum atomic E-state index is 12.4. The Kier molecular flexibility index (Phi) is 5.72. The summed E-state index contributed by atoms with van der Waals surface area (Å²) in [5.74, 6) is 0.499. The summed E-state index contributed by atoms with van der Waals surface area (Å²) in [5.41, 5.74) is 0.680. The molecule has 1 N–H and O–H groups in total. The third-order valence-electron chi connectivity index (χ3n) is 4.54. The van der Waals surface area contributed by atoms with Gasteiger partial charge in [0.2, 0.25) is 5.91 Å². The molecular weight excluding hydrogens is 422 g/mol. The van der Waals surface area contributed by atoms with E-state index in [1.165, 1.54) is 19.2 Å². The highest BCUT2D eigenvalue weighted by Crippen LogP contribution is 2.27. The van der Waals surface area contributed by atoms with Gasteiger partial charge >= 0.3 is 6.01 Å². The number of carbonyl (C=O) groups is 1. The second-order valence-corrected chi connectivity index (χ2v) is 8.82. The lowest BCUT2D eigenvalue weighted by molar-refractivity contribution is -0.116. The monoisotopic (exact) mass is 441 g/mol. The molecule has 0 atom stereocenters. The Morgan fingerprint density at radius 3 is 2.58 bits per heavy atom. The topological polar surface area (TPSA) is 125 Å². The molecule has 2 heterocycles. The first kappa shape index (κ1) is 20.6. The largest absolute Gasteiger partial charge is 0.497 e. The summed E-state index contributed by atoms with van der Waals surface area (Å²) in [7, 11) is -1.99. The first-order chi connectivity index (χ1) is 14.9. The zero-order valence-corrected chi connectivity index (χ0v) is 17.4. The van der Waals surface area contributed by atoms with Crippen molar-refractivity contribution in [1.82, 2.24) is 10.2 Å².